The molecular formula is C9H14N2O2. The van der Waals surface area contributed by atoms with E-state index in [1.54, 1.807) is 20.0 Å². The van der Waals surface area contributed by atoms with Gasteiger partial charge in [0.15, 0.2) is 0 Å². The second kappa shape index (κ2) is 4.07. The van der Waals surface area contributed by atoms with Crippen molar-refractivity contribution in [1.29, 1.82) is 0 Å². The summed E-state index contributed by atoms with van der Waals surface area (Å²) >= 11 is 0. The van der Waals surface area contributed by atoms with E-state index < -0.39 is 0 Å². The number of hydrogen-bond acceptors (Lipinski definition) is 3. The summed E-state index contributed by atoms with van der Waals surface area (Å²) in [5.41, 5.74) is 0.950. The van der Waals surface area contributed by atoms with Gasteiger partial charge in [0.1, 0.15) is 11.7 Å². The highest BCUT2D eigenvalue weighted by Gasteiger charge is 2.18. The number of carbonyl (C=O) groups is 1. The molecule has 0 fully saturated rings. The Hall–Kier alpha value is -1.32. The third-order valence-electron chi connectivity index (χ3n) is 1.77. The highest BCUT2D eigenvalue weighted by Crippen LogP contribution is 2.12. The molecule has 0 aliphatic carbocycles. The molecule has 1 aromatic rings. The first-order chi connectivity index (χ1) is 6.15. The van der Waals surface area contributed by atoms with Crippen molar-refractivity contribution in [2.24, 2.45) is 0 Å². The second-order valence-corrected chi connectivity index (χ2v) is 2.93. The van der Waals surface area contributed by atoms with Crippen LogP contribution in [0.5, 0.6) is 0 Å². The number of carbonyl (C=O) groups excluding carboxylic acids is 1. The van der Waals surface area contributed by atoms with Gasteiger partial charge in [-0.05, 0) is 20.8 Å². The monoisotopic (exact) mass is 182 g/mol. The van der Waals surface area contributed by atoms with Crippen molar-refractivity contribution >= 4 is 5.97 Å². The van der Waals surface area contributed by atoms with E-state index in [1.165, 1.54) is 0 Å². The second-order valence-electron chi connectivity index (χ2n) is 2.93. The van der Waals surface area contributed by atoms with Crippen molar-refractivity contribution in [3.05, 3.63) is 17.7 Å². The maximum atomic E-state index is 11.3. The van der Waals surface area contributed by atoms with Gasteiger partial charge in [-0.25, -0.2) is 4.98 Å². The van der Waals surface area contributed by atoms with Crippen molar-refractivity contribution in [3.8, 4) is 0 Å². The van der Waals surface area contributed by atoms with E-state index in [-0.39, 0.29) is 11.9 Å². The number of aromatic nitrogens is 2. The Morgan fingerprint density at radius 2 is 2.46 bits per heavy atom. The molecule has 0 saturated carbocycles. The molecule has 0 amide bonds. The normalized spacial score (nSPS) is 12.5. The van der Waals surface area contributed by atoms with Crippen LogP contribution in [0.2, 0.25) is 0 Å². The van der Waals surface area contributed by atoms with Gasteiger partial charge >= 0.3 is 5.97 Å². The molecular weight excluding hydrogens is 168 g/mol. The average Bonchev–Trinajstić information content (AvgIpc) is 2.51. The lowest BCUT2D eigenvalue weighted by atomic mass is 10.2. The van der Waals surface area contributed by atoms with Crippen LogP contribution in [0.15, 0.2) is 6.20 Å². The molecule has 0 spiro atoms. The maximum absolute atomic E-state index is 11.3. The fourth-order valence-electron chi connectivity index (χ4n) is 1.03. The third-order valence-corrected chi connectivity index (χ3v) is 1.77. The predicted octanol–water partition coefficient (Wildman–Crippen LogP) is 1.38. The fourth-order valence-corrected chi connectivity index (χ4v) is 1.03. The Morgan fingerprint density at radius 1 is 1.77 bits per heavy atom. The lowest BCUT2D eigenvalue weighted by Crippen LogP contribution is -2.14. The molecule has 0 aliphatic heterocycles. The number of nitrogens with zero attached hydrogens (tertiary/aromatic N) is 1. The van der Waals surface area contributed by atoms with E-state index in [0.717, 1.165) is 5.69 Å². The summed E-state index contributed by atoms with van der Waals surface area (Å²) < 4.78 is 4.87. The molecule has 4 heteroatoms. The molecule has 1 unspecified atom stereocenters. The van der Waals surface area contributed by atoms with Crippen LogP contribution in [-0.2, 0) is 9.53 Å². The van der Waals surface area contributed by atoms with E-state index in [1.807, 2.05) is 6.92 Å². The minimum atomic E-state index is -0.311. The standard InChI is InChI=1S/C9H14N2O2/c1-4-13-9(12)7(3)8-10-5-6(2)11-8/h5,7H,4H2,1-3H3,(H,10,11). The van der Waals surface area contributed by atoms with Gasteiger partial charge in [-0.2, -0.15) is 0 Å². The first-order valence-corrected chi connectivity index (χ1v) is 4.33. The molecule has 0 radical (unpaired) electrons. The van der Waals surface area contributed by atoms with Crippen LogP contribution in [-0.4, -0.2) is 22.5 Å². The van der Waals surface area contributed by atoms with Crippen LogP contribution < -0.4 is 0 Å². The van der Waals surface area contributed by atoms with Crippen LogP contribution >= 0.6 is 0 Å². The van der Waals surface area contributed by atoms with Crippen LogP contribution in [0.25, 0.3) is 0 Å². The Bertz CT molecular complexity index is 294. The first kappa shape index (κ1) is 9.77. The molecule has 4 nitrogen and oxygen atoms in total. The van der Waals surface area contributed by atoms with Crippen molar-refractivity contribution in [2.75, 3.05) is 6.61 Å². The summed E-state index contributed by atoms with van der Waals surface area (Å²) in [7, 11) is 0. The smallest absolute Gasteiger partial charge is 0.316 e. The highest BCUT2D eigenvalue weighted by atomic mass is 16.5. The van der Waals surface area contributed by atoms with Gasteiger partial charge in [0.05, 0.1) is 6.61 Å². The number of rotatable bonds is 3. The summed E-state index contributed by atoms with van der Waals surface area (Å²) in [5.74, 6) is 0.112. The van der Waals surface area contributed by atoms with E-state index in [0.29, 0.717) is 12.4 Å². The molecule has 1 atom stereocenters. The summed E-state index contributed by atoms with van der Waals surface area (Å²) in [5, 5.41) is 0. The van der Waals surface area contributed by atoms with Crippen molar-refractivity contribution < 1.29 is 9.53 Å². The van der Waals surface area contributed by atoms with Gasteiger partial charge in [0.25, 0.3) is 0 Å². The fraction of sp³-hybridized carbons (Fsp3) is 0.556. The minimum absolute atomic E-state index is 0.239. The highest BCUT2D eigenvalue weighted by molar-refractivity contribution is 5.76. The average molecular weight is 182 g/mol. The minimum Gasteiger partial charge on any atom is -0.465 e. The Labute approximate surface area is 77.3 Å². The molecule has 72 valence electrons. The SMILES string of the molecule is CCOC(=O)C(C)c1ncc(C)[nH]1. The number of aromatic amines is 1. The number of H-pyrrole nitrogens is 1. The molecule has 1 heterocycles. The predicted molar refractivity (Wildman–Crippen MR) is 48.4 cm³/mol. The summed E-state index contributed by atoms with van der Waals surface area (Å²) in [6.07, 6.45) is 1.70. The summed E-state index contributed by atoms with van der Waals surface area (Å²) in [6.45, 7) is 5.87. The number of hydrogen-bond donors (Lipinski definition) is 1. The number of aryl methyl sites for hydroxylation is 1. The zero-order valence-corrected chi connectivity index (χ0v) is 8.13. The van der Waals surface area contributed by atoms with Crippen molar-refractivity contribution in [1.82, 2.24) is 9.97 Å². The molecule has 0 saturated heterocycles. The largest absolute Gasteiger partial charge is 0.465 e. The van der Waals surface area contributed by atoms with Crippen LogP contribution in [0.1, 0.15) is 31.3 Å². The van der Waals surface area contributed by atoms with E-state index in [9.17, 15) is 4.79 Å². The zero-order chi connectivity index (χ0) is 9.84. The quantitative estimate of drug-likeness (QED) is 0.718. The van der Waals surface area contributed by atoms with E-state index >= 15 is 0 Å². The molecule has 1 N–H and O–H groups in total. The number of nitrogens with one attached hydrogen (secondary N) is 1. The number of ether oxygens (including phenoxy) is 1. The molecule has 0 aromatic carbocycles. The molecule has 0 aliphatic rings. The first-order valence-electron chi connectivity index (χ1n) is 4.33. The number of esters is 1. The van der Waals surface area contributed by atoms with Crippen LogP contribution in [0.3, 0.4) is 0 Å². The topological polar surface area (TPSA) is 55.0 Å². The van der Waals surface area contributed by atoms with Gasteiger partial charge in [-0.1, -0.05) is 0 Å². The lowest BCUT2D eigenvalue weighted by Gasteiger charge is -2.06. The third kappa shape index (κ3) is 2.31. The molecule has 1 aromatic heterocycles. The Balaban J connectivity index is 2.67. The summed E-state index contributed by atoms with van der Waals surface area (Å²) in [4.78, 5) is 18.3. The number of imidazole rings is 1. The Kier molecular flexibility index (Phi) is 3.06. The molecule has 1 rings (SSSR count). The van der Waals surface area contributed by atoms with E-state index in [4.69, 9.17) is 4.74 Å². The molecule has 13 heavy (non-hydrogen) atoms. The Morgan fingerprint density at radius 3 is 2.92 bits per heavy atom. The zero-order valence-electron chi connectivity index (χ0n) is 8.13. The van der Waals surface area contributed by atoms with Crippen LogP contribution in [0, 0.1) is 6.92 Å². The van der Waals surface area contributed by atoms with Crippen molar-refractivity contribution in [2.45, 2.75) is 26.7 Å². The maximum Gasteiger partial charge on any atom is 0.316 e. The van der Waals surface area contributed by atoms with Gasteiger partial charge in [-0.3, -0.25) is 4.79 Å². The van der Waals surface area contributed by atoms with Gasteiger partial charge in [0.2, 0.25) is 0 Å². The van der Waals surface area contributed by atoms with Crippen molar-refractivity contribution in [3.63, 3.8) is 0 Å². The lowest BCUT2D eigenvalue weighted by molar-refractivity contribution is -0.144. The van der Waals surface area contributed by atoms with Crippen LogP contribution in [0.4, 0.5) is 0 Å². The van der Waals surface area contributed by atoms with E-state index in [2.05, 4.69) is 9.97 Å². The van der Waals surface area contributed by atoms with Gasteiger partial charge in [0, 0.05) is 11.9 Å². The van der Waals surface area contributed by atoms with Gasteiger partial charge < -0.3 is 9.72 Å². The van der Waals surface area contributed by atoms with Gasteiger partial charge in [-0.15, -0.1) is 0 Å². The molecule has 0 bridgehead atoms. The summed E-state index contributed by atoms with van der Waals surface area (Å²) in [6, 6.07) is 0.